The molecule has 1 aromatic heterocycles. The van der Waals surface area contributed by atoms with Crippen molar-refractivity contribution in [1.82, 2.24) is 0 Å². The Balaban J connectivity index is 1.96. The van der Waals surface area contributed by atoms with Crippen molar-refractivity contribution in [2.45, 2.75) is 43.7 Å². The van der Waals surface area contributed by atoms with Crippen molar-refractivity contribution >= 4 is 11.0 Å². The first kappa shape index (κ1) is 17.0. The second-order valence-corrected chi connectivity index (χ2v) is 5.91. The third kappa shape index (κ3) is 2.84. The third-order valence-corrected chi connectivity index (χ3v) is 4.25. The molecule has 2 aromatic rings. The summed E-state index contributed by atoms with van der Waals surface area (Å²) in [6.07, 6.45) is -9.50. The third-order valence-electron chi connectivity index (χ3n) is 4.25. The lowest BCUT2D eigenvalue weighted by Gasteiger charge is -2.40. The van der Waals surface area contributed by atoms with E-state index in [-0.39, 0.29) is 11.1 Å². The molecule has 8 heteroatoms. The van der Waals surface area contributed by atoms with Crippen LogP contribution in [0.2, 0.25) is 0 Å². The molecule has 6 atom stereocenters. The number of aliphatic hydroxyl groups excluding tert-OH is 5. The highest BCUT2D eigenvalue weighted by Gasteiger charge is 2.46. The number of aliphatic hydroxyl groups is 5. The lowest BCUT2D eigenvalue weighted by atomic mass is 9.91. The molecule has 1 fully saturated rings. The molecule has 0 aliphatic carbocycles. The van der Waals surface area contributed by atoms with Crippen LogP contribution in [0.3, 0.4) is 0 Å². The maximum Gasteiger partial charge on any atom is 0.336 e. The topological polar surface area (TPSA) is 141 Å². The molecule has 8 nitrogen and oxygen atoms in total. The van der Waals surface area contributed by atoms with Crippen molar-refractivity contribution in [2.24, 2.45) is 0 Å². The van der Waals surface area contributed by atoms with Gasteiger partial charge < -0.3 is 34.7 Å². The molecule has 1 aliphatic rings. The van der Waals surface area contributed by atoms with Crippen molar-refractivity contribution in [3.63, 3.8) is 0 Å². The monoisotopic (exact) mass is 338 g/mol. The summed E-state index contributed by atoms with van der Waals surface area (Å²) in [6, 6.07) is 5.97. The molecule has 0 spiro atoms. The van der Waals surface area contributed by atoms with E-state index in [1.54, 1.807) is 19.1 Å². The Morgan fingerprint density at radius 2 is 1.75 bits per heavy atom. The minimum absolute atomic E-state index is 0.253. The van der Waals surface area contributed by atoms with Crippen LogP contribution >= 0.6 is 0 Å². The van der Waals surface area contributed by atoms with Gasteiger partial charge in [0.25, 0.3) is 0 Å². The van der Waals surface area contributed by atoms with Crippen LogP contribution in [0, 0.1) is 6.92 Å². The van der Waals surface area contributed by atoms with Crippen molar-refractivity contribution in [2.75, 3.05) is 0 Å². The normalized spacial score (nSPS) is 32.0. The van der Waals surface area contributed by atoms with Crippen molar-refractivity contribution in [3.05, 3.63) is 45.8 Å². The summed E-state index contributed by atoms with van der Waals surface area (Å²) in [6.45, 7) is 1.75. The molecule has 1 unspecified atom stereocenters. The van der Waals surface area contributed by atoms with Crippen LogP contribution in [-0.4, -0.2) is 56.2 Å². The first-order valence-corrected chi connectivity index (χ1v) is 7.40. The van der Waals surface area contributed by atoms with Gasteiger partial charge in [0.2, 0.25) is 0 Å². The van der Waals surface area contributed by atoms with Gasteiger partial charge >= 0.3 is 5.63 Å². The minimum atomic E-state index is -1.75. The fraction of sp³-hybridized carbons (Fsp3) is 0.438. The molecule has 130 valence electrons. The molecule has 1 saturated heterocycles. The largest absolute Gasteiger partial charge is 0.423 e. The summed E-state index contributed by atoms with van der Waals surface area (Å²) in [7, 11) is 0. The van der Waals surface area contributed by atoms with Crippen LogP contribution in [0.25, 0.3) is 11.0 Å². The zero-order chi connectivity index (χ0) is 17.6. The summed E-state index contributed by atoms with van der Waals surface area (Å²) in [5, 5.41) is 49.8. The average molecular weight is 338 g/mol. The Labute approximate surface area is 136 Å². The molecule has 24 heavy (non-hydrogen) atoms. The Bertz CT molecular complexity index is 800. The Morgan fingerprint density at radius 3 is 2.46 bits per heavy atom. The first-order valence-electron chi connectivity index (χ1n) is 7.40. The predicted molar refractivity (Wildman–Crippen MR) is 81.1 cm³/mol. The number of benzene rings is 1. The van der Waals surface area contributed by atoms with E-state index in [9.17, 15) is 30.3 Å². The fourth-order valence-electron chi connectivity index (χ4n) is 2.86. The van der Waals surface area contributed by atoms with Gasteiger partial charge in [0.1, 0.15) is 36.1 Å². The number of hydrogen-bond donors (Lipinski definition) is 5. The molecule has 0 bridgehead atoms. The van der Waals surface area contributed by atoms with Crippen LogP contribution in [0.1, 0.15) is 17.2 Å². The summed E-state index contributed by atoms with van der Waals surface area (Å²) in [5.74, 6) is 0. The first-order chi connectivity index (χ1) is 11.3. The van der Waals surface area contributed by atoms with Gasteiger partial charge in [-0.05, 0) is 24.1 Å². The zero-order valence-electron chi connectivity index (χ0n) is 12.7. The smallest absolute Gasteiger partial charge is 0.336 e. The molecule has 0 saturated carbocycles. The van der Waals surface area contributed by atoms with Gasteiger partial charge in [-0.25, -0.2) is 4.79 Å². The molecule has 1 aromatic carbocycles. The zero-order valence-corrected chi connectivity index (χ0v) is 12.7. The van der Waals surface area contributed by atoms with Gasteiger partial charge in [0.15, 0.2) is 6.29 Å². The summed E-state index contributed by atoms with van der Waals surface area (Å²) in [4.78, 5) is 11.5. The van der Waals surface area contributed by atoms with Gasteiger partial charge in [0, 0.05) is 11.5 Å². The molecular formula is C16H18O8. The minimum Gasteiger partial charge on any atom is -0.423 e. The molecular weight excluding hydrogens is 320 g/mol. The molecule has 5 N–H and O–H groups in total. The Kier molecular flexibility index (Phi) is 4.43. The Morgan fingerprint density at radius 1 is 1.04 bits per heavy atom. The van der Waals surface area contributed by atoms with Gasteiger partial charge in [-0.3, -0.25) is 0 Å². The molecule has 1 aliphatic heterocycles. The highest BCUT2D eigenvalue weighted by Crippen LogP contribution is 2.31. The number of aryl methyl sites for hydroxylation is 1. The van der Waals surface area contributed by atoms with Crippen molar-refractivity contribution in [3.8, 4) is 0 Å². The van der Waals surface area contributed by atoms with E-state index in [1.807, 2.05) is 0 Å². The van der Waals surface area contributed by atoms with Gasteiger partial charge in [-0.2, -0.15) is 0 Å². The van der Waals surface area contributed by atoms with Gasteiger partial charge in [-0.15, -0.1) is 0 Å². The van der Waals surface area contributed by atoms with Gasteiger partial charge in [-0.1, -0.05) is 12.1 Å². The van der Waals surface area contributed by atoms with E-state index in [0.717, 1.165) is 0 Å². The van der Waals surface area contributed by atoms with Crippen LogP contribution in [0.5, 0.6) is 0 Å². The van der Waals surface area contributed by atoms with Crippen LogP contribution in [-0.2, 0) is 4.74 Å². The number of fused-ring (bicyclic) bond motifs is 1. The highest BCUT2D eigenvalue weighted by molar-refractivity contribution is 5.80. The molecule has 0 radical (unpaired) electrons. The van der Waals surface area contributed by atoms with Crippen LogP contribution < -0.4 is 5.63 Å². The van der Waals surface area contributed by atoms with E-state index in [2.05, 4.69) is 0 Å². The maximum absolute atomic E-state index is 11.5. The van der Waals surface area contributed by atoms with E-state index < -0.39 is 42.4 Å². The van der Waals surface area contributed by atoms with Crippen molar-refractivity contribution in [1.29, 1.82) is 0 Å². The second kappa shape index (κ2) is 6.25. The quantitative estimate of drug-likeness (QED) is 0.436. The maximum atomic E-state index is 11.5. The van der Waals surface area contributed by atoms with E-state index in [0.29, 0.717) is 10.9 Å². The summed E-state index contributed by atoms with van der Waals surface area (Å²) in [5.41, 5.74) is 0.693. The van der Waals surface area contributed by atoms with Gasteiger partial charge in [0.05, 0.1) is 0 Å². The van der Waals surface area contributed by atoms with Crippen LogP contribution in [0.15, 0.2) is 33.5 Å². The number of hydrogen-bond acceptors (Lipinski definition) is 8. The lowest BCUT2D eigenvalue weighted by molar-refractivity contribution is -0.297. The fourth-order valence-corrected chi connectivity index (χ4v) is 2.86. The molecule has 2 heterocycles. The van der Waals surface area contributed by atoms with Crippen LogP contribution in [0.4, 0.5) is 0 Å². The second-order valence-electron chi connectivity index (χ2n) is 5.91. The summed E-state index contributed by atoms with van der Waals surface area (Å²) >= 11 is 0. The molecule has 3 rings (SSSR count). The summed E-state index contributed by atoms with van der Waals surface area (Å²) < 4.78 is 10.1. The lowest BCUT2D eigenvalue weighted by Crippen LogP contribution is -2.58. The highest BCUT2D eigenvalue weighted by atomic mass is 16.6. The van der Waals surface area contributed by atoms with E-state index in [4.69, 9.17) is 9.15 Å². The predicted octanol–water partition coefficient (Wildman–Crippen LogP) is -1.07. The van der Waals surface area contributed by atoms with E-state index >= 15 is 0 Å². The number of rotatable bonds is 2. The standard InChI is InChI=1S/C16H18O8/c1-6-4-10(17)23-9-5-7(2-3-8(6)9)11(18)15-13(20)12(19)14(21)16(22)24-15/h2-5,11-16,18-22H,1H3/t11?,12-,13-,14+,15+,16+/m0/s1. The van der Waals surface area contributed by atoms with E-state index in [1.165, 1.54) is 12.1 Å². The average Bonchev–Trinajstić information content (AvgIpc) is 2.55. The molecule has 0 amide bonds. The van der Waals surface area contributed by atoms with Crippen molar-refractivity contribution < 1.29 is 34.7 Å². The number of ether oxygens (including phenoxy) is 1. The SMILES string of the molecule is Cc1cc(=O)oc2cc(C(O)[C@H]3O[C@@H](O)[C@H](O)[C@@H](O)[C@@H]3O)ccc12. The Hall–Kier alpha value is -1.81.